The lowest BCUT2D eigenvalue weighted by molar-refractivity contribution is -0.120. The molecule has 1 amide bonds. The SMILES string of the molecule is COc1ccc(OCCNC(=O)CNS(=O)(=O)c2ccc(OC)cc2)cc1. The summed E-state index contributed by atoms with van der Waals surface area (Å²) in [7, 11) is -0.702. The van der Waals surface area contributed by atoms with Crippen LogP contribution in [-0.4, -0.2) is 48.2 Å². The van der Waals surface area contributed by atoms with Gasteiger partial charge in [0.1, 0.15) is 23.9 Å². The molecule has 0 unspecified atom stereocenters. The molecule has 27 heavy (non-hydrogen) atoms. The lowest BCUT2D eigenvalue weighted by Crippen LogP contribution is -2.38. The smallest absolute Gasteiger partial charge is 0.241 e. The molecule has 0 aromatic heterocycles. The summed E-state index contributed by atoms with van der Waals surface area (Å²) in [5.41, 5.74) is 0. The van der Waals surface area contributed by atoms with Crippen molar-refractivity contribution in [2.75, 3.05) is 33.9 Å². The molecule has 2 N–H and O–H groups in total. The molecule has 0 spiro atoms. The number of carbonyl (C=O) groups is 1. The summed E-state index contributed by atoms with van der Waals surface area (Å²) in [5, 5.41) is 2.58. The van der Waals surface area contributed by atoms with E-state index in [2.05, 4.69) is 10.0 Å². The maximum absolute atomic E-state index is 12.1. The van der Waals surface area contributed by atoms with Gasteiger partial charge in [-0.15, -0.1) is 0 Å². The number of sulfonamides is 1. The molecule has 9 heteroatoms. The molecule has 2 aromatic rings. The Morgan fingerprint density at radius 1 is 0.889 bits per heavy atom. The molecular formula is C18H22N2O6S. The Hall–Kier alpha value is -2.78. The first-order valence-corrected chi connectivity index (χ1v) is 9.60. The summed E-state index contributed by atoms with van der Waals surface area (Å²) in [6.45, 7) is 0.134. The van der Waals surface area contributed by atoms with Gasteiger partial charge in [0.05, 0.1) is 32.2 Å². The number of methoxy groups -OCH3 is 2. The molecule has 0 atom stereocenters. The zero-order valence-electron chi connectivity index (χ0n) is 15.1. The Balaban J connectivity index is 1.71. The summed E-state index contributed by atoms with van der Waals surface area (Å²) in [6.07, 6.45) is 0. The van der Waals surface area contributed by atoms with E-state index in [1.807, 2.05) is 0 Å². The van der Waals surface area contributed by atoms with Crippen LogP contribution in [0.1, 0.15) is 0 Å². The van der Waals surface area contributed by atoms with Crippen molar-refractivity contribution in [3.8, 4) is 17.2 Å². The maximum atomic E-state index is 12.1. The van der Waals surface area contributed by atoms with E-state index in [0.717, 1.165) is 5.75 Å². The van der Waals surface area contributed by atoms with Crippen LogP contribution in [0.5, 0.6) is 17.2 Å². The first kappa shape index (κ1) is 20.5. The van der Waals surface area contributed by atoms with Crippen molar-refractivity contribution in [1.82, 2.24) is 10.0 Å². The number of hydrogen-bond acceptors (Lipinski definition) is 6. The summed E-state index contributed by atoms with van der Waals surface area (Å²) < 4.78 is 42.0. The third-order valence-corrected chi connectivity index (χ3v) is 4.96. The zero-order valence-corrected chi connectivity index (χ0v) is 15.9. The van der Waals surface area contributed by atoms with Crippen LogP contribution in [0.15, 0.2) is 53.4 Å². The number of nitrogens with one attached hydrogen (secondary N) is 2. The average molecular weight is 394 g/mol. The summed E-state index contributed by atoms with van der Waals surface area (Å²) in [4.78, 5) is 11.8. The first-order valence-electron chi connectivity index (χ1n) is 8.12. The minimum absolute atomic E-state index is 0.0546. The molecule has 0 aliphatic rings. The van der Waals surface area contributed by atoms with Crippen LogP contribution in [0.3, 0.4) is 0 Å². The van der Waals surface area contributed by atoms with Crippen molar-refractivity contribution in [2.45, 2.75) is 4.90 Å². The molecular weight excluding hydrogens is 372 g/mol. The third-order valence-electron chi connectivity index (χ3n) is 3.54. The van der Waals surface area contributed by atoms with Gasteiger partial charge in [-0.05, 0) is 48.5 Å². The highest BCUT2D eigenvalue weighted by molar-refractivity contribution is 7.89. The lowest BCUT2D eigenvalue weighted by Gasteiger charge is -2.10. The predicted octanol–water partition coefficient (Wildman–Crippen LogP) is 1.18. The van der Waals surface area contributed by atoms with E-state index in [1.54, 1.807) is 31.4 Å². The molecule has 146 valence electrons. The van der Waals surface area contributed by atoms with Crippen LogP contribution in [-0.2, 0) is 14.8 Å². The molecule has 2 rings (SSSR count). The van der Waals surface area contributed by atoms with Crippen molar-refractivity contribution < 1.29 is 27.4 Å². The van der Waals surface area contributed by atoms with Crippen molar-refractivity contribution in [3.05, 3.63) is 48.5 Å². The van der Waals surface area contributed by atoms with Crippen LogP contribution < -0.4 is 24.2 Å². The number of rotatable bonds is 10. The van der Waals surface area contributed by atoms with Crippen LogP contribution in [0, 0.1) is 0 Å². The van der Waals surface area contributed by atoms with Crippen molar-refractivity contribution >= 4 is 15.9 Å². The van der Waals surface area contributed by atoms with Crippen LogP contribution in [0.25, 0.3) is 0 Å². The maximum Gasteiger partial charge on any atom is 0.241 e. The summed E-state index contributed by atoms with van der Waals surface area (Å²) in [5.74, 6) is 1.46. The Labute approximate surface area is 158 Å². The van der Waals surface area contributed by atoms with Gasteiger partial charge in [-0.1, -0.05) is 0 Å². The van der Waals surface area contributed by atoms with E-state index in [9.17, 15) is 13.2 Å². The fourth-order valence-electron chi connectivity index (χ4n) is 2.09. The fraction of sp³-hybridized carbons (Fsp3) is 0.278. The average Bonchev–Trinajstić information content (AvgIpc) is 2.70. The van der Waals surface area contributed by atoms with Crippen molar-refractivity contribution in [2.24, 2.45) is 0 Å². The number of carbonyl (C=O) groups excluding carboxylic acids is 1. The topological polar surface area (TPSA) is 103 Å². The van der Waals surface area contributed by atoms with E-state index in [-0.39, 0.29) is 24.6 Å². The van der Waals surface area contributed by atoms with Crippen LogP contribution in [0.4, 0.5) is 0 Å². The van der Waals surface area contributed by atoms with E-state index in [4.69, 9.17) is 14.2 Å². The van der Waals surface area contributed by atoms with Crippen molar-refractivity contribution in [1.29, 1.82) is 0 Å². The molecule has 0 saturated carbocycles. The Morgan fingerprint density at radius 2 is 1.41 bits per heavy atom. The van der Waals surface area contributed by atoms with E-state index in [1.165, 1.54) is 31.4 Å². The highest BCUT2D eigenvalue weighted by Crippen LogP contribution is 2.17. The second kappa shape index (κ2) is 9.79. The van der Waals surface area contributed by atoms with Gasteiger partial charge in [0.25, 0.3) is 0 Å². The Morgan fingerprint density at radius 3 is 1.96 bits per heavy atom. The highest BCUT2D eigenvalue weighted by atomic mass is 32.2. The molecule has 0 fully saturated rings. The molecule has 0 heterocycles. The number of hydrogen-bond donors (Lipinski definition) is 2. The second-order valence-corrected chi connectivity index (χ2v) is 7.14. The van der Waals surface area contributed by atoms with Gasteiger partial charge >= 0.3 is 0 Å². The second-order valence-electron chi connectivity index (χ2n) is 5.37. The highest BCUT2D eigenvalue weighted by Gasteiger charge is 2.15. The normalized spacial score (nSPS) is 10.9. The fourth-order valence-corrected chi connectivity index (χ4v) is 3.07. The largest absolute Gasteiger partial charge is 0.497 e. The Bertz CT molecular complexity index is 835. The standard InChI is InChI=1S/C18H22N2O6S/c1-24-14-3-5-16(6-4-14)26-12-11-19-18(21)13-20-27(22,23)17-9-7-15(25-2)8-10-17/h3-10,20H,11-13H2,1-2H3,(H,19,21). The first-order chi connectivity index (χ1) is 12.9. The van der Waals surface area contributed by atoms with Gasteiger partial charge in [-0.2, -0.15) is 0 Å². The van der Waals surface area contributed by atoms with E-state index in [0.29, 0.717) is 11.5 Å². The van der Waals surface area contributed by atoms with Gasteiger partial charge in [0.15, 0.2) is 0 Å². The molecule has 0 saturated heterocycles. The molecule has 0 bridgehead atoms. The zero-order chi connectivity index (χ0) is 19.7. The summed E-state index contributed by atoms with van der Waals surface area (Å²) >= 11 is 0. The van der Waals surface area contributed by atoms with Gasteiger partial charge in [0.2, 0.25) is 15.9 Å². The quantitative estimate of drug-likeness (QED) is 0.587. The molecule has 2 aromatic carbocycles. The molecule has 0 radical (unpaired) electrons. The van der Waals surface area contributed by atoms with E-state index < -0.39 is 15.9 Å². The Kier molecular flexibility index (Phi) is 7.44. The third kappa shape index (κ3) is 6.46. The van der Waals surface area contributed by atoms with Crippen LogP contribution in [0.2, 0.25) is 0 Å². The van der Waals surface area contributed by atoms with Crippen molar-refractivity contribution in [3.63, 3.8) is 0 Å². The lowest BCUT2D eigenvalue weighted by atomic mass is 10.3. The number of benzene rings is 2. The van der Waals surface area contributed by atoms with Crippen LogP contribution >= 0.6 is 0 Å². The minimum Gasteiger partial charge on any atom is -0.497 e. The molecule has 8 nitrogen and oxygen atoms in total. The summed E-state index contributed by atoms with van der Waals surface area (Å²) in [6, 6.07) is 12.9. The predicted molar refractivity (Wildman–Crippen MR) is 99.7 cm³/mol. The van der Waals surface area contributed by atoms with Gasteiger partial charge in [-0.3, -0.25) is 4.79 Å². The van der Waals surface area contributed by atoms with Gasteiger partial charge in [0, 0.05) is 0 Å². The minimum atomic E-state index is -3.77. The molecule has 0 aliphatic carbocycles. The van der Waals surface area contributed by atoms with E-state index >= 15 is 0 Å². The number of amides is 1. The van der Waals surface area contributed by atoms with Gasteiger partial charge < -0.3 is 19.5 Å². The monoisotopic (exact) mass is 394 g/mol. The number of ether oxygens (including phenoxy) is 3. The molecule has 0 aliphatic heterocycles. The van der Waals surface area contributed by atoms with Gasteiger partial charge in [-0.25, -0.2) is 13.1 Å².